The number of rotatable bonds is 6. The van der Waals surface area contributed by atoms with Gasteiger partial charge in [-0.1, -0.05) is 18.2 Å². The van der Waals surface area contributed by atoms with Crippen molar-refractivity contribution >= 4 is 33.6 Å². The van der Waals surface area contributed by atoms with Gasteiger partial charge in [0, 0.05) is 36.6 Å². The third kappa shape index (κ3) is 4.70. The zero-order valence-corrected chi connectivity index (χ0v) is 20.1. The smallest absolute Gasteiger partial charge is 0.266 e. The number of piperazine rings is 1. The van der Waals surface area contributed by atoms with E-state index in [-0.39, 0.29) is 11.9 Å². The fourth-order valence-corrected chi connectivity index (χ4v) is 5.80. The van der Waals surface area contributed by atoms with Gasteiger partial charge in [0.05, 0.1) is 18.0 Å². The number of ether oxygens (including phenoxy) is 1. The van der Waals surface area contributed by atoms with E-state index in [1.165, 1.54) is 32.9 Å². The van der Waals surface area contributed by atoms with Gasteiger partial charge in [0.1, 0.15) is 10.8 Å². The van der Waals surface area contributed by atoms with Gasteiger partial charge in [-0.25, -0.2) is 0 Å². The molecule has 1 aliphatic heterocycles. The summed E-state index contributed by atoms with van der Waals surface area (Å²) in [6.07, 6.45) is 0. The number of nitrogens with zero attached hydrogens (tertiary/aromatic N) is 2. The molecule has 1 fully saturated rings. The Hall–Kier alpha value is -2.19. The lowest BCUT2D eigenvalue weighted by atomic mass is 9.94. The van der Waals surface area contributed by atoms with E-state index in [1.54, 1.807) is 18.4 Å². The number of nitrogens with one attached hydrogen (secondary N) is 1. The number of methoxy groups -OCH3 is 1. The van der Waals surface area contributed by atoms with E-state index < -0.39 is 0 Å². The second-order valence-electron chi connectivity index (χ2n) is 7.98. The third-order valence-corrected chi connectivity index (χ3v) is 8.00. The van der Waals surface area contributed by atoms with Gasteiger partial charge in [-0.3, -0.25) is 9.69 Å². The van der Waals surface area contributed by atoms with Crippen molar-refractivity contribution in [3.8, 4) is 5.75 Å². The Morgan fingerprint density at radius 1 is 1.13 bits per heavy atom. The Morgan fingerprint density at radius 3 is 2.58 bits per heavy atom. The molecule has 0 radical (unpaired) electrons. The maximum atomic E-state index is 12.9. The van der Waals surface area contributed by atoms with Crippen LogP contribution in [-0.4, -0.2) is 56.0 Å². The molecule has 7 heteroatoms. The monoisotopic (exact) mass is 455 g/mol. The van der Waals surface area contributed by atoms with E-state index in [0.29, 0.717) is 0 Å². The second-order valence-corrected chi connectivity index (χ2v) is 10.1. The lowest BCUT2D eigenvalue weighted by Gasteiger charge is -2.39. The van der Waals surface area contributed by atoms with Crippen LogP contribution >= 0.6 is 22.7 Å². The van der Waals surface area contributed by atoms with Gasteiger partial charge < -0.3 is 15.0 Å². The highest BCUT2D eigenvalue weighted by atomic mass is 32.1. The SMILES string of the molecule is COc1cccc([C@@H](c2c(NC(=O)c3cccs3)sc(C)c2C)N2CCN(C)CC2)c1. The van der Waals surface area contributed by atoms with E-state index in [1.807, 2.05) is 23.6 Å². The van der Waals surface area contributed by atoms with Gasteiger partial charge in [0.25, 0.3) is 5.91 Å². The second kappa shape index (κ2) is 9.53. The molecule has 0 saturated carbocycles. The summed E-state index contributed by atoms with van der Waals surface area (Å²) in [6, 6.07) is 12.2. The lowest BCUT2D eigenvalue weighted by molar-refractivity contribution is 0.103. The summed E-state index contributed by atoms with van der Waals surface area (Å²) in [5, 5.41) is 6.10. The van der Waals surface area contributed by atoms with Crippen LogP contribution in [0.15, 0.2) is 41.8 Å². The Kier molecular flexibility index (Phi) is 6.77. The maximum Gasteiger partial charge on any atom is 0.266 e. The van der Waals surface area contributed by atoms with Crippen LogP contribution < -0.4 is 10.1 Å². The predicted octanol–water partition coefficient (Wildman–Crippen LogP) is 5.02. The van der Waals surface area contributed by atoms with Crippen LogP contribution in [0.25, 0.3) is 0 Å². The topological polar surface area (TPSA) is 44.8 Å². The number of benzene rings is 1. The van der Waals surface area contributed by atoms with Crippen molar-refractivity contribution in [2.45, 2.75) is 19.9 Å². The molecular weight excluding hydrogens is 426 g/mol. The summed E-state index contributed by atoms with van der Waals surface area (Å²) in [7, 11) is 3.88. The van der Waals surface area contributed by atoms with Gasteiger partial charge in [-0.05, 0) is 55.6 Å². The molecule has 164 valence electrons. The lowest BCUT2D eigenvalue weighted by Crippen LogP contribution is -2.46. The average Bonchev–Trinajstić information content (AvgIpc) is 3.40. The zero-order chi connectivity index (χ0) is 22.0. The molecule has 0 spiro atoms. The minimum atomic E-state index is -0.0414. The van der Waals surface area contributed by atoms with Crippen molar-refractivity contribution in [3.63, 3.8) is 0 Å². The summed E-state index contributed by atoms with van der Waals surface area (Å²) in [4.78, 5) is 19.8. The van der Waals surface area contributed by atoms with Crippen LogP contribution in [0, 0.1) is 13.8 Å². The van der Waals surface area contributed by atoms with E-state index in [4.69, 9.17) is 4.74 Å². The standard InChI is InChI=1S/C24H29N3O2S2/c1-16-17(2)31-24(25-23(28)20-9-6-14-30-20)21(16)22(27-12-10-26(3)11-13-27)18-7-5-8-19(15-18)29-4/h5-9,14-15,22H,10-13H2,1-4H3,(H,25,28)/t22-/m0/s1. The number of likely N-dealkylation sites (N-methyl/N-ethyl adjacent to an activating group) is 1. The molecular formula is C24H29N3O2S2. The molecule has 5 nitrogen and oxygen atoms in total. The molecule has 3 heterocycles. The molecule has 1 N–H and O–H groups in total. The molecule has 1 saturated heterocycles. The molecule has 1 atom stereocenters. The molecule has 4 rings (SSSR count). The Bertz CT molecular complexity index is 1040. The zero-order valence-electron chi connectivity index (χ0n) is 18.5. The highest BCUT2D eigenvalue weighted by Crippen LogP contribution is 2.43. The van der Waals surface area contributed by atoms with E-state index in [9.17, 15) is 4.79 Å². The van der Waals surface area contributed by atoms with Crippen molar-refractivity contribution in [3.05, 3.63) is 68.2 Å². The molecule has 2 aromatic heterocycles. The van der Waals surface area contributed by atoms with Gasteiger partial charge in [-0.2, -0.15) is 0 Å². The highest BCUT2D eigenvalue weighted by molar-refractivity contribution is 7.17. The number of carbonyl (C=O) groups is 1. The van der Waals surface area contributed by atoms with Crippen LogP contribution in [0.1, 0.15) is 37.3 Å². The fourth-order valence-electron chi connectivity index (χ4n) is 4.09. The Balaban J connectivity index is 1.78. The average molecular weight is 456 g/mol. The van der Waals surface area contributed by atoms with Crippen LogP contribution in [0.5, 0.6) is 5.75 Å². The Morgan fingerprint density at radius 2 is 1.90 bits per heavy atom. The number of hydrogen-bond donors (Lipinski definition) is 1. The molecule has 31 heavy (non-hydrogen) atoms. The summed E-state index contributed by atoms with van der Waals surface area (Å²) < 4.78 is 5.53. The number of hydrogen-bond acceptors (Lipinski definition) is 6. The van der Waals surface area contributed by atoms with Crippen LogP contribution in [0.3, 0.4) is 0 Å². The van der Waals surface area contributed by atoms with Crippen molar-refractivity contribution < 1.29 is 9.53 Å². The molecule has 3 aromatic rings. The first kappa shape index (κ1) is 22.0. The predicted molar refractivity (Wildman–Crippen MR) is 130 cm³/mol. The normalized spacial score (nSPS) is 16.3. The molecule has 1 aromatic carbocycles. The van der Waals surface area contributed by atoms with Crippen molar-refractivity contribution in [1.82, 2.24) is 9.80 Å². The van der Waals surface area contributed by atoms with E-state index in [2.05, 4.69) is 54.2 Å². The molecule has 0 aliphatic carbocycles. The number of thiophene rings is 2. The number of amides is 1. The van der Waals surface area contributed by atoms with Crippen molar-refractivity contribution in [1.29, 1.82) is 0 Å². The third-order valence-electron chi connectivity index (χ3n) is 5.99. The first-order chi connectivity index (χ1) is 15.0. The van der Waals surface area contributed by atoms with Crippen LogP contribution in [-0.2, 0) is 0 Å². The fraction of sp³-hybridized carbons (Fsp3) is 0.375. The summed E-state index contributed by atoms with van der Waals surface area (Å²) in [5.74, 6) is 0.811. The number of anilines is 1. The quantitative estimate of drug-likeness (QED) is 0.567. The molecule has 0 bridgehead atoms. The summed E-state index contributed by atoms with van der Waals surface area (Å²) >= 11 is 3.13. The minimum absolute atomic E-state index is 0.0414. The Labute approximate surface area is 192 Å². The van der Waals surface area contributed by atoms with E-state index in [0.717, 1.165) is 41.8 Å². The maximum absolute atomic E-state index is 12.9. The van der Waals surface area contributed by atoms with Gasteiger partial charge in [0.2, 0.25) is 0 Å². The minimum Gasteiger partial charge on any atom is -0.497 e. The summed E-state index contributed by atoms with van der Waals surface area (Å²) in [5.41, 5.74) is 3.64. The van der Waals surface area contributed by atoms with Gasteiger partial charge in [-0.15, -0.1) is 22.7 Å². The first-order valence-corrected chi connectivity index (χ1v) is 12.2. The van der Waals surface area contributed by atoms with E-state index >= 15 is 0 Å². The van der Waals surface area contributed by atoms with Crippen LogP contribution in [0.2, 0.25) is 0 Å². The molecule has 0 unspecified atom stereocenters. The number of carbonyl (C=O) groups excluding carboxylic acids is 1. The largest absolute Gasteiger partial charge is 0.497 e. The molecule has 1 amide bonds. The van der Waals surface area contributed by atoms with Crippen LogP contribution in [0.4, 0.5) is 5.00 Å². The summed E-state index contributed by atoms with van der Waals surface area (Å²) in [6.45, 7) is 8.32. The van der Waals surface area contributed by atoms with Gasteiger partial charge in [0.15, 0.2) is 0 Å². The highest BCUT2D eigenvalue weighted by Gasteiger charge is 2.31. The van der Waals surface area contributed by atoms with Crippen molar-refractivity contribution in [2.24, 2.45) is 0 Å². The number of aryl methyl sites for hydroxylation is 1. The molecule has 1 aliphatic rings. The first-order valence-electron chi connectivity index (χ1n) is 10.5. The van der Waals surface area contributed by atoms with Gasteiger partial charge >= 0.3 is 0 Å². The van der Waals surface area contributed by atoms with Crippen molar-refractivity contribution in [2.75, 3.05) is 45.7 Å².